The van der Waals surface area contributed by atoms with Crippen molar-refractivity contribution in [2.24, 2.45) is 0 Å². The Morgan fingerprint density at radius 3 is 2.48 bits per heavy atom. The number of rotatable bonds is 6. The van der Waals surface area contributed by atoms with E-state index in [4.69, 9.17) is 16.0 Å². The van der Waals surface area contributed by atoms with Crippen LogP contribution < -0.4 is 5.32 Å². The van der Waals surface area contributed by atoms with E-state index in [0.717, 1.165) is 0 Å². The number of nitrogens with zero attached hydrogens (tertiary/aromatic N) is 2. The molecule has 0 saturated carbocycles. The molecule has 0 aliphatic heterocycles. The Morgan fingerprint density at radius 2 is 1.86 bits per heavy atom. The van der Waals surface area contributed by atoms with Crippen LogP contribution in [0.25, 0.3) is 0 Å². The van der Waals surface area contributed by atoms with Crippen LogP contribution in [-0.2, 0) is 10.9 Å². The zero-order valence-corrected chi connectivity index (χ0v) is 15.1. The van der Waals surface area contributed by atoms with Crippen LogP contribution in [0.1, 0.15) is 26.6 Å². The highest BCUT2D eigenvalue weighted by Gasteiger charge is 2.39. The van der Waals surface area contributed by atoms with Crippen molar-refractivity contribution in [2.45, 2.75) is 6.18 Å². The first kappa shape index (κ1) is 20.3. The van der Waals surface area contributed by atoms with Crippen molar-refractivity contribution in [3.8, 4) is 0 Å². The third-order valence-corrected chi connectivity index (χ3v) is 3.69. The van der Waals surface area contributed by atoms with E-state index in [9.17, 15) is 22.8 Å². The van der Waals surface area contributed by atoms with E-state index in [0.29, 0.717) is 11.9 Å². The molecular weight excluding hydrogens is 415 g/mol. The lowest BCUT2D eigenvalue weighted by molar-refractivity contribution is -0.141. The molecule has 0 aliphatic carbocycles. The van der Waals surface area contributed by atoms with E-state index in [-0.39, 0.29) is 16.9 Å². The van der Waals surface area contributed by atoms with Crippen LogP contribution in [0.5, 0.6) is 0 Å². The van der Waals surface area contributed by atoms with Crippen LogP contribution in [0.15, 0.2) is 53.1 Å². The third-order valence-electron chi connectivity index (χ3n) is 3.49. The molecule has 0 saturated heterocycles. The number of nitrogens with one attached hydrogen (secondary N) is 1. The van der Waals surface area contributed by atoms with Gasteiger partial charge in [-0.1, -0.05) is 18.2 Å². The van der Waals surface area contributed by atoms with E-state index in [2.05, 4.69) is 20.0 Å². The predicted octanol–water partition coefficient (Wildman–Crippen LogP) is 4.53. The lowest BCUT2D eigenvalue weighted by Gasteiger charge is -2.13. The highest BCUT2D eigenvalue weighted by molar-refractivity contribution is 6.29. The number of halogens is 4. The number of ketones is 1. The number of furan rings is 1. The van der Waals surface area contributed by atoms with Gasteiger partial charge in [-0.05, 0) is 35.9 Å². The molecule has 0 fully saturated rings. The van der Waals surface area contributed by atoms with Gasteiger partial charge in [0.05, 0.1) is 0 Å². The lowest BCUT2D eigenvalue weighted by atomic mass is 10.2. The van der Waals surface area contributed by atoms with E-state index in [1.807, 2.05) is 0 Å². The summed E-state index contributed by atoms with van der Waals surface area (Å²) >= 11 is 5.53. The number of ether oxygens (including phenoxy) is 1. The molecule has 0 unspecified atom stereocenters. The smallest absolute Gasteiger partial charge is 0.434 e. The van der Waals surface area contributed by atoms with Gasteiger partial charge in [-0.15, -0.1) is 0 Å². The van der Waals surface area contributed by atoms with Crippen LogP contribution in [0.3, 0.4) is 0 Å². The summed E-state index contributed by atoms with van der Waals surface area (Å²) in [6, 6.07) is 10.8. The number of alkyl halides is 3. The van der Waals surface area contributed by atoms with Crippen LogP contribution in [0, 0.1) is 0 Å². The van der Waals surface area contributed by atoms with Crippen molar-refractivity contribution >= 4 is 35.0 Å². The molecule has 2 heterocycles. The molecule has 0 aliphatic rings. The Hall–Kier alpha value is -3.40. The Kier molecular flexibility index (Phi) is 5.83. The quantitative estimate of drug-likeness (QED) is 0.458. The van der Waals surface area contributed by atoms with Crippen molar-refractivity contribution in [1.82, 2.24) is 9.97 Å². The Bertz CT molecular complexity index is 1040. The topological polar surface area (TPSA) is 94.3 Å². The summed E-state index contributed by atoms with van der Waals surface area (Å²) in [5.41, 5.74) is -1.97. The van der Waals surface area contributed by atoms with Gasteiger partial charge in [0.15, 0.2) is 23.3 Å². The molecule has 1 aromatic carbocycles. The van der Waals surface area contributed by atoms with Gasteiger partial charge in [0.2, 0.25) is 11.7 Å². The number of benzene rings is 1. The number of Topliss-reactive ketones (excluding diaryl/α,β-unsaturated/α-hetero) is 1. The number of aromatic nitrogens is 2. The first-order valence-corrected chi connectivity index (χ1v) is 8.34. The molecule has 3 rings (SSSR count). The molecule has 7 nitrogen and oxygen atoms in total. The fourth-order valence-electron chi connectivity index (χ4n) is 2.20. The molecule has 0 spiro atoms. The zero-order valence-electron chi connectivity index (χ0n) is 14.4. The van der Waals surface area contributed by atoms with Gasteiger partial charge < -0.3 is 14.5 Å². The number of esters is 1. The second-order valence-corrected chi connectivity index (χ2v) is 5.92. The SMILES string of the molecule is O=C(COC(=O)c1cnc(Nc2ccccc2)nc1C(F)(F)F)c1ccc(Cl)o1. The van der Waals surface area contributed by atoms with Crippen LogP contribution >= 0.6 is 11.6 Å². The highest BCUT2D eigenvalue weighted by atomic mass is 35.5. The van der Waals surface area contributed by atoms with Gasteiger partial charge >= 0.3 is 12.1 Å². The predicted molar refractivity (Wildman–Crippen MR) is 95.1 cm³/mol. The number of carbonyl (C=O) groups excluding carboxylic acids is 2. The largest absolute Gasteiger partial charge is 0.453 e. The number of carbonyl (C=O) groups is 2. The minimum absolute atomic E-state index is 0.0612. The number of anilines is 2. The average Bonchev–Trinajstić information content (AvgIpc) is 3.12. The summed E-state index contributed by atoms with van der Waals surface area (Å²) in [5, 5.41) is 2.54. The van der Waals surface area contributed by atoms with E-state index in [1.54, 1.807) is 30.3 Å². The standard InChI is InChI=1S/C18H11ClF3N3O4/c19-14-7-6-13(29-14)12(26)9-28-16(27)11-8-23-17(25-15(11)18(20,21)22)24-10-4-2-1-3-5-10/h1-8H,9H2,(H,23,24,25). The molecule has 150 valence electrons. The Morgan fingerprint density at radius 1 is 1.14 bits per heavy atom. The van der Waals surface area contributed by atoms with E-state index < -0.39 is 35.8 Å². The van der Waals surface area contributed by atoms with Crippen molar-refractivity contribution in [2.75, 3.05) is 11.9 Å². The molecule has 1 N–H and O–H groups in total. The fraction of sp³-hybridized carbons (Fsp3) is 0.111. The molecule has 0 radical (unpaired) electrons. The molecule has 0 amide bonds. The molecule has 2 aromatic heterocycles. The number of hydrogen-bond donors (Lipinski definition) is 1. The van der Waals surface area contributed by atoms with Gasteiger partial charge in [-0.25, -0.2) is 14.8 Å². The molecule has 29 heavy (non-hydrogen) atoms. The second kappa shape index (κ2) is 8.31. The van der Waals surface area contributed by atoms with Crippen molar-refractivity contribution < 1.29 is 31.9 Å². The molecule has 0 bridgehead atoms. The van der Waals surface area contributed by atoms with Gasteiger partial charge in [0, 0.05) is 11.9 Å². The van der Waals surface area contributed by atoms with Crippen molar-refractivity contribution in [1.29, 1.82) is 0 Å². The summed E-state index contributed by atoms with van der Waals surface area (Å²) < 4.78 is 49.6. The molecule has 0 atom stereocenters. The maximum atomic E-state index is 13.4. The average molecular weight is 426 g/mol. The highest BCUT2D eigenvalue weighted by Crippen LogP contribution is 2.31. The fourth-order valence-corrected chi connectivity index (χ4v) is 2.35. The van der Waals surface area contributed by atoms with Crippen molar-refractivity contribution in [3.63, 3.8) is 0 Å². The van der Waals surface area contributed by atoms with Gasteiger partial charge in [0.25, 0.3) is 0 Å². The van der Waals surface area contributed by atoms with Crippen LogP contribution in [0.2, 0.25) is 5.22 Å². The summed E-state index contributed by atoms with van der Waals surface area (Å²) in [6.07, 6.45) is -4.28. The second-order valence-electron chi connectivity index (χ2n) is 5.55. The zero-order chi connectivity index (χ0) is 21.0. The third kappa shape index (κ3) is 5.11. The number of para-hydroxylation sites is 1. The maximum Gasteiger partial charge on any atom is 0.434 e. The molecule has 11 heteroatoms. The molecular formula is C18H11ClF3N3O4. The summed E-state index contributed by atoms with van der Waals surface area (Å²) in [6.45, 7) is -0.843. The maximum absolute atomic E-state index is 13.4. The van der Waals surface area contributed by atoms with E-state index in [1.165, 1.54) is 12.1 Å². The Labute approximate surface area is 166 Å². The summed E-state index contributed by atoms with van der Waals surface area (Å²) in [4.78, 5) is 31.0. The summed E-state index contributed by atoms with van der Waals surface area (Å²) in [5.74, 6) is -2.74. The monoisotopic (exact) mass is 425 g/mol. The van der Waals surface area contributed by atoms with Gasteiger partial charge in [-0.2, -0.15) is 13.2 Å². The first-order valence-electron chi connectivity index (χ1n) is 7.96. The Balaban J connectivity index is 1.78. The van der Waals surface area contributed by atoms with Gasteiger partial charge in [-0.3, -0.25) is 4.79 Å². The minimum Gasteiger partial charge on any atom is -0.453 e. The lowest BCUT2D eigenvalue weighted by Crippen LogP contribution is -2.21. The first-order chi connectivity index (χ1) is 13.7. The van der Waals surface area contributed by atoms with Gasteiger partial charge in [0.1, 0.15) is 5.56 Å². The summed E-state index contributed by atoms with van der Waals surface area (Å²) in [7, 11) is 0. The van der Waals surface area contributed by atoms with E-state index >= 15 is 0 Å². The van der Waals surface area contributed by atoms with Crippen LogP contribution in [-0.4, -0.2) is 28.3 Å². The normalized spacial score (nSPS) is 11.2. The number of hydrogen-bond acceptors (Lipinski definition) is 7. The molecule has 3 aromatic rings. The van der Waals surface area contributed by atoms with Crippen molar-refractivity contribution in [3.05, 3.63) is 70.9 Å². The van der Waals surface area contributed by atoms with Crippen LogP contribution in [0.4, 0.5) is 24.8 Å². The minimum atomic E-state index is -4.96.